The molecular weight excluding hydrogens is 210 g/mol. The summed E-state index contributed by atoms with van der Waals surface area (Å²) < 4.78 is 0. The van der Waals surface area contributed by atoms with Crippen molar-refractivity contribution in [3.63, 3.8) is 0 Å². The largest absolute Gasteiger partial charge is 0.319 e. The van der Waals surface area contributed by atoms with Gasteiger partial charge >= 0.3 is 0 Å². The summed E-state index contributed by atoms with van der Waals surface area (Å²) in [6.45, 7) is 4.53. The van der Waals surface area contributed by atoms with E-state index >= 15 is 0 Å². The maximum atomic E-state index is 12.6. The van der Waals surface area contributed by atoms with E-state index in [-0.39, 0.29) is 5.92 Å². The highest BCUT2D eigenvalue weighted by atomic mass is 16.1. The number of carbonyl (C=O) groups excluding carboxylic acids is 1. The molecule has 98 valence electrons. The molecule has 2 rings (SSSR count). The van der Waals surface area contributed by atoms with Gasteiger partial charge in [-0.2, -0.15) is 0 Å². The van der Waals surface area contributed by atoms with Gasteiger partial charge in [0.15, 0.2) is 5.78 Å². The lowest BCUT2D eigenvalue weighted by Gasteiger charge is -2.39. The molecule has 0 aliphatic heterocycles. The van der Waals surface area contributed by atoms with Crippen molar-refractivity contribution in [1.82, 2.24) is 0 Å². The Balaban J connectivity index is 1.98. The Morgan fingerprint density at radius 3 is 2.29 bits per heavy atom. The molecule has 2 unspecified atom stereocenters. The van der Waals surface area contributed by atoms with Crippen LogP contribution < -0.4 is 5.73 Å². The van der Waals surface area contributed by atoms with Crippen LogP contribution in [0.15, 0.2) is 0 Å². The molecule has 17 heavy (non-hydrogen) atoms. The molecule has 2 atom stereocenters. The summed E-state index contributed by atoms with van der Waals surface area (Å²) in [7, 11) is 0. The third kappa shape index (κ3) is 2.90. The first-order valence-electron chi connectivity index (χ1n) is 7.34. The van der Waals surface area contributed by atoms with Crippen LogP contribution in [0.3, 0.4) is 0 Å². The van der Waals surface area contributed by atoms with Crippen LogP contribution in [0, 0.1) is 17.8 Å². The van der Waals surface area contributed by atoms with Crippen molar-refractivity contribution in [3.05, 3.63) is 0 Å². The Hall–Kier alpha value is -0.370. The third-order valence-corrected chi connectivity index (χ3v) is 4.91. The van der Waals surface area contributed by atoms with Gasteiger partial charge in [0.2, 0.25) is 0 Å². The van der Waals surface area contributed by atoms with E-state index in [4.69, 9.17) is 5.73 Å². The Kier molecular flexibility index (Phi) is 3.92. The quantitative estimate of drug-likeness (QED) is 0.801. The average molecular weight is 237 g/mol. The molecule has 0 aromatic rings. The Labute approximate surface area is 105 Å². The lowest BCUT2D eigenvalue weighted by molar-refractivity contribution is -0.131. The standard InChI is InChI=1S/C15H27NO/c1-11-5-7-13(8-6-11)14(17)15(16)9-3-4-12(2)10-15/h11-13H,3-10,16H2,1-2H3. The SMILES string of the molecule is CC1CCC(C(=O)C2(N)CCCC(C)C2)CC1. The van der Waals surface area contributed by atoms with Crippen molar-refractivity contribution in [2.45, 2.75) is 70.8 Å². The van der Waals surface area contributed by atoms with E-state index in [1.807, 2.05) is 0 Å². The fraction of sp³-hybridized carbons (Fsp3) is 0.933. The normalized spacial score (nSPS) is 43.4. The van der Waals surface area contributed by atoms with E-state index in [1.54, 1.807) is 0 Å². The molecule has 2 aliphatic carbocycles. The molecule has 0 bridgehead atoms. The molecule has 0 radical (unpaired) electrons. The minimum Gasteiger partial charge on any atom is -0.319 e. The van der Waals surface area contributed by atoms with Crippen LogP contribution in [0.4, 0.5) is 0 Å². The highest BCUT2D eigenvalue weighted by Crippen LogP contribution is 2.37. The number of hydrogen-bond acceptors (Lipinski definition) is 2. The zero-order chi connectivity index (χ0) is 12.5. The molecule has 0 aromatic heterocycles. The van der Waals surface area contributed by atoms with Crippen LogP contribution in [-0.4, -0.2) is 11.3 Å². The molecular formula is C15H27NO. The highest BCUT2D eigenvalue weighted by molar-refractivity contribution is 5.90. The monoisotopic (exact) mass is 237 g/mol. The summed E-state index contributed by atoms with van der Waals surface area (Å²) in [5.41, 5.74) is 5.93. The Bertz CT molecular complexity index is 281. The first-order chi connectivity index (χ1) is 8.01. The second kappa shape index (κ2) is 5.09. The van der Waals surface area contributed by atoms with Gasteiger partial charge in [-0.05, 0) is 37.5 Å². The summed E-state index contributed by atoms with van der Waals surface area (Å²) in [6, 6.07) is 0. The topological polar surface area (TPSA) is 43.1 Å². The van der Waals surface area contributed by atoms with Crippen LogP contribution >= 0.6 is 0 Å². The number of rotatable bonds is 2. The number of Topliss-reactive ketones (excluding diaryl/α,β-unsaturated/α-hetero) is 1. The number of nitrogens with two attached hydrogens (primary N) is 1. The second-order valence-electron chi connectivity index (χ2n) is 6.68. The maximum absolute atomic E-state index is 12.6. The molecule has 0 aromatic carbocycles. The van der Waals surface area contributed by atoms with Gasteiger partial charge in [-0.25, -0.2) is 0 Å². The Morgan fingerprint density at radius 2 is 1.71 bits per heavy atom. The first kappa shape index (κ1) is 13.1. The van der Waals surface area contributed by atoms with Gasteiger partial charge in [0.25, 0.3) is 0 Å². The molecule has 2 N–H and O–H groups in total. The van der Waals surface area contributed by atoms with E-state index in [2.05, 4.69) is 13.8 Å². The number of hydrogen-bond donors (Lipinski definition) is 1. The van der Waals surface area contributed by atoms with Crippen molar-refractivity contribution >= 4 is 5.78 Å². The van der Waals surface area contributed by atoms with E-state index in [1.165, 1.54) is 19.3 Å². The van der Waals surface area contributed by atoms with Crippen LogP contribution in [0.5, 0.6) is 0 Å². The van der Waals surface area contributed by atoms with Crippen molar-refractivity contribution in [2.75, 3.05) is 0 Å². The molecule has 0 saturated heterocycles. The lowest BCUT2D eigenvalue weighted by Crippen LogP contribution is -2.53. The number of carbonyl (C=O) groups is 1. The predicted octanol–water partition coefficient (Wildman–Crippen LogP) is 3.29. The fourth-order valence-electron chi connectivity index (χ4n) is 3.74. The zero-order valence-electron chi connectivity index (χ0n) is 11.4. The van der Waals surface area contributed by atoms with E-state index < -0.39 is 5.54 Å². The van der Waals surface area contributed by atoms with Crippen LogP contribution in [0.25, 0.3) is 0 Å². The smallest absolute Gasteiger partial charge is 0.155 e. The van der Waals surface area contributed by atoms with Crippen molar-refractivity contribution in [1.29, 1.82) is 0 Å². The third-order valence-electron chi connectivity index (χ3n) is 4.91. The molecule has 0 heterocycles. The van der Waals surface area contributed by atoms with Gasteiger partial charge in [-0.3, -0.25) is 4.79 Å². The number of ketones is 1. The Morgan fingerprint density at radius 1 is 1.06 bits per heavy atom. The molecule has 2 saturated carbocycles. The van der Waals surface area contributed by atoms with Gasteiger partial charge in [0.1, 0.15) is 0 Å². The fourth-order valence-corrected chi connectivity index (χ4v) is 3.74. The van der Waals surface area contributed by atoms with Crippen LogP contribution in [0.2, 0.25) is 0 Å². The van der Waals surface area contributed by atoms with Crippen molar-refractivity contribution in [2.24, 2.45) is 23.5 Å². The first-order valence-corrected chi connectivity index (χ1v) is 7.34. The molecule has 0 amide bonds. The second-order valence-corrected chi connectivity index (χ2v) is 6.68. The van der Waals surface area contributed by atoms with Gasteiger partial charge in [0, 0.05) is 5.92 Å². The highest BCUT2D eigenvalue weighted by Gasteiger charge is 2.41. The van der Waals surface area contributed by atoms with Gasteiger partial charge < -0.3 is 5.73 Å². The van der Waals surface area contributed by atoms with E-state index in [9.17, 15) is 4.79 Å². The van der Waals surface area contributed by atoms with Crippen LogP contribution in [-0.2, 0) is 4.79 Å². The minimum absolute atomic E-state index is 0.265. The van der Waals surface area contributed by atoms with Gasteiger partial charge in [-0.1, -0.05) is 39.5 Å². The maximum Gasteiger partial charge on any atom is 0.155 e. The van der Waals surface area contributed by atoms with E-state index in [0.29, 0.717) is 11.7 Å². The molecule has 2 heteroatoms. The summed E-state index contributed by atoms with van der Waals surface area (Å²) in [4.78, 5) is 12.6. The molecule has 2 nitrogen and oxygen atoms in total. The lowest BCUT2D eigenvalue weighted by atomic mass is 9.68. The van der Waals surface area contributed by atoms with Crippen molar-refractivity contribution < 1.29 is 4.79 Å². The van der Waals surface area contributed by atoms with Crippen molar-refractivity contribution in [3.8, 4) is 0 Å². The van der Waals surface area contributed by atoms with Crippen LogP contribution in [0.1, 0.15) is 65.2 Å². The molecule has 0 spiro atoms. The average Bonchev–Trinajstić information content (AvgIpc) is 2.29. The summed E-state index contributed by atoms with van der Waals surface area (Å²) in [6.07, 6.45) is 8.78. The summed E-state index contributed by atoms with van der Waals surface area (Å²) in [5.74, 6) is 2.08. The molecule has 2 fully saturated rings. The van der Waals surface area contributed by atoms with E-state index in [0.717, 1.165) is 38.0 Å². The summed E-state index contributed by atoms with van der Waals surface area (Å²) >= 11 is 0. The minimum atomic E-state index is -0.483. The summed E-state index contributed by atoms with van der Waals surface area (Å²) in [5, 5.41) is 0. The zero-order valence-corrected chi connectivity index (χ0v) is 11.4. The van der Waals surface area contributed by atoms with Gasteiger partial charge in [-0.15, -0.1) is 0 Å². The molecule has 2 aliphatic rings. The predicted molar refractivity (Wildman–Crippen MR) is 70.7 cm³/mol. The van der Waals surface area contributed by atoms with Gasteiger partial charge in [0.05, 0.1) is 5.54 Å².